The summed E-state index contributed by atoms with van der Waals surface area (Å²) in [5.41, 5.74) is 0.452. The normalized spacial score (nSPS) is 39.8. The molecule has 0 bridgehead atoms. The molecule has 2 atom stereocenters. The smallest absolute Gasteiger partial charge is 0.0759 e. The van der Waals surface area contributed by atoms with Gasteiger partial charge in [0.15, 0.2) is 0 Å². The van der Waals surface area contributed by atoms with Crippen molar-refractivity contribution < 1.29 is 4.74 Å². The highest BCUT2D eigenvalue weighted by molar-refractivity contribution is 5.01. The van der Waals surface area contributed by atoms with Crippen LogP contribution in [0.1, 0.15) is 51.4 Å². The van der Waals surface area contributed by atoms with Gasteiger partial charge in [0, 0.05) is 24.7 Å². The molecule has 2 saturated carbocycles. The first kappa shape index (κ1) is 12.6. The van der Waals surface area contributed by atoms with Crippen molar-refractivity contribution in [2.24, 2.45) is 5.92 Å². The molecule has 0 aromatic rings. The van der Waals surface area contributed by atoms with Gasteiger partial charge in [-0.25, -0.2) is 0 Å². The predicted molar refractivity (Wildman–Crippen MR) is 76.3 cm³/mol. The molecular weight excluding hydrogens is 236 g/mol. The first-order chi connectivity index (χ1) is 9.36. The van der Waals surface area contributed by atoms with E-state index in [2.05, 4.69) is 10.2 Å². The maximum Gasteiger partial charge on any atom is 0.0759 e. The molecule has 2 saturated heterocycles. The largest absolute Gasteiger partial charge is 0.376 e. The quantitative estimate of drug-likeness (QED) is 0.827. The molecule has 0 aromatic heterocycles. The molecule has 4 rings (SSSR count). The molecule has 2 unspecified atom stereocenters. The van der Waals surface area contributed by atoms with Crippen LogP contribution < -0.4 is 5.32 Å². The van der Waals surface area contributed by atoms with E-state index in [-0.39, 0.29) is 0 Å². The summed E-state index contributed by atoms with van der Waals surface area (Å²) in [7, 11) is 0. The minimum atomic E-state index is 0.452. The van der Waals surface area contributed by atoms with E-state index < -0.39 is 0 Å². The Bertz CT molecular complexity index is 323. The number of hydrogen-bond donors (Lipinski definition) is 1. The minimum absolute atomic E-state index is 0.452. The predicted octanol–water partition coefficient (Wildman–Crippen LogP) is 2.16. The zero-order valence-corrected chi connectivity index (χ0v) is 12.1. The molecule has 19 heavy (non-hydrogen) atoms. The highest BCUT2D eigenvalue weighted by atomic mass is 16.5. The minimum Gasteiger partial charge on any atom is -0.376 e. The number of ether oxygens (including phenoxy) is 1. The zero-order chi connectivity index (χ0) is 12.7. The second kappa shape index (κ2) is 5.01. The van der Waals surface area contributed by atoms with Crippen LogP contribution in [-0.2, 0) is 4.74 Å². The van der Waals surface area contributed by atoms with Gasteiger partial charge in [-0.3, -0.25) is 4.90 Å². The Morgan fingerprint density at radius 2 is 1.89 bits per heavy atom. The molecule has 0 amide bonds. The maximum absolute atomic E-state index is 6.07. The van der Waals surface area contributed by atoms with Gasteiger partial charge in [-0.2, -0.15) is 0 Å². The summed E-state index contributed by atoms with van der Waals surface area (Å²) in [6, 6.07) is 0.727. The van der Waals surface area contributed by atoms with E-state index >= 15 is 0 Å². The summed E-state index contributed by atoms with van der Waals surface area (Å²) in [4.78, 5) is 2.81. The van der Waals surface area contributed by atoms with Gasteiger partial charge >= 0.3 is 0 Å². The van der Waals surface area contributed by atoms with Gasteiger partial charge in [-0.15, -0.1) is 0 Å². The van der Waals surface area contributed by atoms with E-state index in [0.717, 1.165) is 18.6 Å². The van der Waals surface area contributed by atoms with Crippen LogP contribution in [0.5, 0.6) is 0 Å². The Hall–Kier alpha value is -0.120. The van der Waals surface area contributed by atoms with E-state index in [4.69, 9.17) is 4.74 Å². The molecule has 4 fully saturated rings. The lowest BCUT2D eigenvalue weighted by atomic mass is 9.95. The van der Waals surface area contributed by atoms with E-state index in [0.29, 0.717) is 11.6 Å². The van der Waals surface area contributed by atoms with Crippen LogP contribution in [0.25, 0.3) is 0 Å². The highest BCUT2D eigenvalue weighted by Crippen LogP contribution is 2.41. The average Bonchev–Trinajstić information content (AvgIpc) is 3.03. The molecule has 0 aromatic carbocycles. The number of nitrogens with one attached hydrogen (secondary N) is 1. The summed E-state index contributed by atoms with van der Waals surface area (Å²) in [5, 5.41) is 3.89. The molecule has 1 N–H and O–H groups in total. The molecule has 4 aliphatic rings. The van der Waals surface area contributed by atoms with Crippen molar-refractivity contribution in [3.63, 3.8) is 0 Å². The van der Waals surface area contributed by atoms with Crippen LogP contribution in [0.4, 0.5) is 0 Å². The van der Waals surface area contributed by atoms with Crippen LogP contribution >= 0.6 is 0 Å². The van der Waals surface area contributed by atoms with Gasteiger partial charge in [0.1, 0.15) is 0 Å². The van der Waals surface area contributed by atoms with Crippen LogP contribution in [0.3, 0.4) is 0 Å². The lowest BCUT2D eigenvalue weighted by Crippen LogP contribution is -2.53. The van der Waals surface area contributed by atoms with Gasteiger partial charge in [-0.05, 0) is 57.5 Å². The van der Waals surface area contributed by atoms with Crippen molar-refractivity contribution in [2.75, 3.05) is 26.2 Å². The molecule has 3 nitrogen and oxygen atoms in total. The third-order valence-corrected chi connectivity index (χ3v) is 5.85. The van der Waals surface area contributed by atoms with E-state index in [1.165, 1.54) is 71.0 Å². The third-order valence-electron chi connectivity index (χ3n) is 5.85. The highest BCUT2D eigenvalue weighted by Gasteiger charge is 2.45. The Balaban J connectivity index is 1.49. The van der Waals surface area contributed by atoms with Gasteiger partial charge in [0.2, 0.25) is 0 Å². The van der Waals surface area contributed by atoms with Gasteiger partial charge in [0.05, 0.1) is 6.10 Å². The fourth-order valence-electron chi connectivity index (χ4n) is 4.69. The third kappa shape index (κ3) is 2.45. The van der Waals surface area contributed by atoms with Crippen LogP contribution in [-0.4, -0.2) is 48.8 Å². The second-order valence-electron chi connectivity index (χ2n) is 7.27. The molecule has 3 heteroatoms. The summed E-state index contributed by atoms with van der Waals surface area (Å²) >= 11 is 0. The summed E-state index contributed by atoms with van der Waals surface area (Å²) < 4.78 is 6.07. The maximum atomic E-state index is 6.07. The average molecular weight is 264 g/mol. The van der Waals surface area contributed by atoms with E-state index in [9.17, 15) is 0 Å². The SMILES string of the molecule is C1CNC2(CCCC2)CN(C2CCOC2C2CC2)C1. The molecule has 2 aliphatic carbocycles. The number of nitrogens with zero attached hydrogens (tertiary/aromatic N) is 1. The topological polar surface area (TPSA) is 24.5 Å². The first-order valence-corrected chi connectivity index (χ1v) is 8.47. The zero-order valence-electron chi connectivity index (χ0n) is 12.1. The molecule has 2 heterocycles. The summed E-state index contributed by atoms with van der Waals surface area (Å²) in [6.07, 6.45) is 11.6. The molecular formula is C16H28N2O. The van der Waals surface area contributed by atoms with Crippen LogP contribution in [0.2, 0.25) is 0 Å². The lowest BCUT2D eigenvalue weighted by Gasteiger charge is -2.38. The van der Waals surface area contributed by atoms with Crippen molar-refractivity contribution in [3.05, 3.63) is 0 Å². The Labute approximate surface area is 117 Å². The number of rotatable bonds is 2. The molecule has 1 spiro atoms. The van der Waals surface area contributed by atoms with Crippen molar-refractivity contribution >= 4 is 0 Å². The first-order valence-electron chi connectivity index (χ1n) is 8.47. The standard InChI is InChI=1S/C16H28N2O/c1-2-8-16(7-1)12-18(10-3-9-17-16)14-6-11-19-15(14)13-4-5-13/h13-15,17H,1-12H2. The summed E-state index contributed by atoms with van der Waals surface area (Å²) in [5.74, 6) is 0.892. The van der Waals surface area contributed by atoms with Gasteiger partial charge in [-0.1, -0.05) is 12.8 Å². The van der Waals surface area contributed by atoms with Crippen LogP contribution in [0, 0.1) is 5.92 Å². The second-order valence-corrected chi connectivity index (χ2v) is 7.27. The van der Waals surface area contributed by atoms with Crippen molar-refractivity contribution in [3.8, 4) is 0 Å². The van der Waals surface area contributed by atoms with Crippen LogP contribution in [0.15, 0.2) is 0 Å². The van der Waals surface area contributed by atoms with Gasteiger partial charge < -0.3 is 10.1 Å². The molecule has 108 valence electrons. The lowest BCUT2D eigenvalue weighted by molar-refractivity contribution is 0.0395. The molecule has 2 aliphatic heterocycles. The Morgan fingerprint density at radius 3 is 2.68 bits per heavy atom. The van der Waals surface area contributed by atoms with Crippen molar-refractivity contribution in [1.29, 1.82) is 0 Å². The Morgan fingerprint density at radius 1 is 1.05 bits per heavy atom. The molecule has 0 radical (unpaired) electrons. The van der Waals surface area contributed by atoms with E-state index in [1.807, 2.05) is 0 Å². The summed E-state index contributed by atoms with van der Waals surface area (Å²) in [6.45, 7) is 4.79. The van der Waals surface area contributed by atoms with Crippen molar-refractivity contribution in [1.82, 2.24) is 10.2 Å². The fraction of sp³-hybridized carbons (Fsp3) is 1.00. The van der Waals surface area contributed by atoms with Crippen molar-refractivity contribution in [2.45, 2.75) is 69.1 Å². The monoisotopic (exact) mass is 264 g/mol. The fourth-order valence-corrected chi connectivity index (χ4v) is 4.69. The Kier molecular flexibility index (Phi) is 3.33. The number of hydrogen-bond acceptors (Lipinski definition) is 3. The van der Waals surface area contributed by atoms with Gasteiger partial charge in [0.25, 0.3) is 0 Å². The van der Waals surface area contributed by atoms with E-state index in [1.54, 1.807) is 0 Å².